The van der Waals surface area contributed by atoms with Crippen LogP contribution in [0.15, 0.2) is 59.7 Å². The second-order valence-electron chi connectivity index (χ2n) is 8.66. The van der Waals surface area contributed by atoms with Gasteiger partial charge in [-0.25, -0.2) is 0 Å². The zero-order valence-electron chi connectivity index (χ0n) is 19.3. The van der Waals surface area contributed by atoms with E-state index in [4.69, 9.17) is 4.74 Å². The van der Waals surface area contributed by atoms with Crippen LogP contribution in [0.4, 0.5) is 0 Å². The maximum atomic E-state index is 13.4. The fourth-order valence-electron chi connectivity index (χ4n) is 4.09. The molecule has 4 nitrogen and oxygen atoms in total. The summed E-state index contributed by atoms with van der Waals surface area (Å²) >= 11 is 0. The molecular weight excluding hydrogens is 384 g/mol. The minimum absolute atomic E-state index is 0.121. The lowest BCUT2D eigenvalue weighted by Crippen LogP contribution is -2.43. The third-order valence-electron chi connectivity index (χ3n) is 5.97. The van der Waals surface area contributed by atoms with Crippen LogP contribution in [0.5, 0.6) is 0 Å². The second-order valence-corrected chi connectivity index (χ2v) is 8.66. The Hall–Kier alpha value is -2.17. The van der Waals surface area contributed by atoms with E-state index in [-0.39, 0.29) is 5.91 Å². The van der Waals surface area contributed by atoms with Crippen molar-refractivity contribution < 1.29 is 9.53 Å². The van der Waals surface area contributed by atoms with Crippen LogP contribution in [-0.2, 0) is 11.2 Å². The van der Waals surface area contributed by atoms with Crippen molar-refractivity contribution in [3.8, 4) is 0 Å². The Kier molecular flexibility index (Phi) is 9.57. The van der Waals surface area contributed by atoms with Gasteiger partial charge in [-0.1, -0.05) is 55.4 Å². The highest BCUT2D eigenvalue weighted by Gasteiger charge is 2.19. The van der Waals surface area contributed by atoms with Gasteiger partial charge in [0.25, 0.3) is 5.91 Å². The summed E-state index contributed by atoms with van der Waals surface area (Å²) in [5.41, 5.74) is 4.56. The molecule has 2 aliphatic rings. The number of amides is 1. The molecule has 0 aromatic heterocycles. The fraction of sp³-hybridized carbons (Fsp3) is 0.519. The summed E-state index contributed by atoms with van der Waals surface area (Å²) in [7, 11) is 0. The van der Waals surface area contributed by atoms with Crippen molar-refractivity contribution in [2.45, 2.75) is 46.0 Å². The molecule has 0 unspecified atom stereocenters. The third kappa shape index (κ3) is 7.79. The smallest absolute Gasteiger partial charge is 0.254 e. The maximum absolute atomic E-state index is 13.4. The molecule has 1 aliphatic heterocycles. The van der Waals surface area contributed by atoms with E-state index in [1.54, 1.807) is 0 Å². The molecule has 0 radical (unpaired) electrons. The second kappa shape index (κ2) is 12.6. The van der Waals surface area contributed by atoms with Gasteiger partial charge in [0.15, 0.2) is 0 Å². The zero-order chi connectivity index (χ0) is 21.9. The van der Waals surface area contributed by atoms with Gasteiger partial charge in [-0.3, -0.25) is 9.69 Å². The van der Waals surface area contributed by atoms with Crippen LogP contribution in [0.25, 0.3) is 0 Å². The van der Waals surface area contributed by atoms with Crippen molar-refractivity contribution in [1.29, 1.82) is 0 Å². The number of hydrogen-bond donors (Lipinski definition) is 0. The van der Waals surface area contributed by atoms with Crippen LogP contribution in [0, 0.1) is 0 Å². The lowest BCUT2D eigenvalue weighted by Gasteiger charge is -2.30. The van der Waals surface area contributed by atoms with Gasteiger partial charge >= 0.3 is 0 Å². The summed E-state index contributed by atoms with van der Waals surface area (Å²) in [6, 6.07) is 8.23. The summed E-state index contributed by atoms with van der Waals surface area (Å²) in [5.74, 6) is 0.121. The van der Waals surface area contributed by atoms with E-state index in [1.165, 1.54) is 29.6 Å². The lowest BCUT2D eigenvalue weighted by molar-refractivity contribution is 0.0330. The van der Waals surface area contributed by atoms with E-state index >= 15 is 0 Å². The van der Waals surface area contributed by atoms with Crippen molar-refractivity contribution in [2.24, 2.45) is 0 Å². The van der Waals surface area contributed by atoms with Crippen molar-refractivity contribution in [1.82, 2.24) is 9.80 Å². The van der Waals surface area contributed by atoms with E-state index in [0.717, 1.165) is 64.2 Å². The molecule has 4 heteroatoms. The number of hydrogen-bond acceptors (Lipinski definition) is 3. The van der Waals surface area contributed by atoms with Gasteiger partial charge in [0, 0.05) is 38.3 Å². The molecule has 1 aromatic carbocycles. The number of carbonyl (C=O) groups is 1. The first kappa shape index (κ1) is 23.5. The number of morpholine rings is 1. The largest absolute Gasteiger partial charge is 0.379 e. The minimum Gasteiger partial charge on any atom is -0.379 e. The maximum Gasteiger partial charge on any atom is 0.254 e. The van der Waals surface area contributed by atoms with Crippen LogP contribution in [0.2, 0.25) is 0 Å². The summed E-state index contributed by atoms with van der Waals surface area (Å²) < 4.78 is 5.47. The van der Waals surface area contributed by atoms with Gasteiger partial charge in [-0.15, -0.1) is 0 Å². The van der Waals surface area contributed by atoms with E-state index in [0.29, 0.717) is 6.54 Å². The third-order valence-corrected chi connectivity index (χ3v) is 5.97. The normalized spacial score (nSPS) is 17.5. The average molecular weight is 423 g/mol. The Morgan fingerprint density at radius 3 is 2.61 bits per heavy atom. The van der Waals surface area contributed by atoms with Crippen LogP contribution in [0.1, 0.15) is 55.5 Å². The Labute approximate surface area is 188 Å². The Bertz CT molecular complexity index is 786. The molecule has 1 aromatic rings. The lowest BCUT2D eigenvalue weighted by atomic mass is 10.0. The number of aryl methyl sites for hydroxylation is 1. The topological polar surface area (TPSA) is 32.8 Å². The van der Waals surface area contributed by atoms with Crippen molar-refractivity contribution >= 4 is 5.91 Å². The van der Waals surface area contributed by atoms with Gasteiger partial charge in [-0.2, -0.15) is 0 Å². The van der Waals surface area contributed by atoms with E-state index < -0.39 is 0 Å². The Morgan fingerprint density at radius 1 is 1.16 bits per heavy atom. The molecule has 3 rings (SSSR count). The van der Waals surface area contributed by atoms with Crippen LogP contribution >= 0.6 is 0 Å². The molecule has 168 valence electrons. The first-order valence-electron chi connectivity index (χ1n) is 11.9. The molecule has 1 aliphatic carbocycles. The quantitative estimate of drug-likeness (QED) is 0.530. The highest BCUT2D eigenvalue weighted by molar-refractivity contribution is 5.94. The molecule has 31 heavy (non-hydrogen) atoms. The van der Waals surface area contributed by atoms with E-state index in [1.807, 2.05) is 17.0 Å². The van der Waals surface area contributed by atoms with Gasteiger partial charge < -0.3 is 9.64 Å². The summed E-state index contributed by atoms with van der Waals surface area (Å²) in [6.07, 6.45) is 14.6. The van der Waals surface area contributed by atoms with Crippen molar-refractivity contribution in [3.05, 3.63) is 70.8 Å². The zero-order valence-corrected chi connectivity index (χ0v) is 19.3. The molecule has 0 spiro atoms. The molecule has 0 N–H and O–H groups in total. The SMILES string of the molecule is CCCCc1ccc(C(=O)N(CCN2CCOCC2)C/C(C)=C/C2=CCCC=C2)cc1. The molecule has 0 atom stereocenters. The number of rotatable bonds is 10. The number of ether oxygens (including phenoxy) is 1. The number of nitrogens with zero attached hydrogens (tertiary/aromatic N) is 2. The minimum atomic E-state index is 0.121. The summed E-state index contributed by atoms with van der Waals surface area (Å²) in [4.78, 5) is 17.8. The van der Waals surface area contributed by atoms with Crippen molar-refractivity contribution in [3.63, 3.8) is 0 Å². The van der Waals surface area contributed by atoms with Gasteiger partial charge in [-0.05, 0) is 55.9 Å². The Balaban J connectivity index is 1.68. The predicted octanol–water partition coefficient (Wildman–Crippen LogP) is 5.03. The van der Waals surface area contributed by atoms with Gasteiger partial charge in [0.1, 0.15) is 0 Å². The number of unbranched alkanes of at least 4 members (excludes halogenated alkanes) is 1. The molecule has 1 heterocycles. The molecule has 1 saturated heterocycles. The molecule has 0 saturated carbocycles. The number of benzene rings is 1. The standard InChI is InChI=1S/C27H38N2O2/c1-3-4-8-24-11-13-26(14-12-24)27(30)29(16-15-28-17-19-31-20-18-28)22-23(2)21-25-9-6-5-7-10-25/h6,9-14,21H,3-5,7-8,15-20,22H2,1-2H3/b23-21+. The van der Waals surface area contributed by atoms with Gasteiger partial charge in [0.05, 0.1) is 13.2 Å². The first-order valence-corrected chi connectivity index (χ1v) is 11.9. The first-order chi connectivity index (χ1) is 15.2. The summed E-state index contributed by atoms with van der Waals surface area (Å²) in [6.45, 7) is 10.1. The molecule has 0 bridgehead atoms. The number of carbonyl (C=O) groups excluding carboxylic acids is 1. The summed E-state index contributed by atoms with van der Waals surface area (Å²) in [5, 5.41) is 0. The van der Waals surface area contributed by atoms with Crippen LogP contribution in [-0.4, -0.2) is 61.6 Å². The van der Waals surface area contributed by atoms with Crippen LogP contribution in [0.3, 0.4) is 0 Å². The molecule has 1 fully saturated rings. The fourth-order valence-corrected chi connectivity index (χ4v) is 4.09. The van der Waals surface area contributed by atoms with Gasteiger partial charge in [0.2, 0.25) is 0 Å². The average Bonchev–Trinajstić information content (AvgIpc) is 2.81. The predicted molar refractivity (Wildman–Crippen MR) is 128 cm³/mol. The monoisotopic (exact) mass is 422 g/mol. The highest BCUT2D eigenvalue weighted by atomic mass is 16.5. The van der Waals surface area contributed by atoms with Crippen molar-refractivity contribution in [2.75, 3.05) is 45.9 Å². The van der Waals surface area contributed by atoms with E-state index in [2.05, 4.69) is 55.2 Å². The molecule has 1 amide bonds. The Morgan fingerprint density at radius 2 is 1.94 bits per heavy atom. The van der Waals surface area contributed by atoms with E-state index in [9.17, 15) is 4.79 Å². The number of allylic oxidation sites excluding steroid dienone is 5. The highest BCUT2D eigenvalue weighted by Crippen LogP contribution is 2.15. The van der Waals surface area contributed by atoms with Crippen LogP contribution < -0.4 is 0 Å². The molecular formula is C27H38N2O2.